The second-order valence-electron chi connectivity index (χ2n) is 10.2. The topological polar surface area (TPSA) is 47.6 Å². The van der Waals surface area contributed by atoms with E-state index < -0.39 is 0 Å². The average Bonchev–Trinajstić information content (AvgIpc) is 3.63. The van der Waals surface area contributed by atoms with Gasteiger partial charge in [0.2, 0.25) is 0 Å². The molecule has 0 unspecified atom stereocenters. The third-order valence-corrected chi connectivity index (χ3v) is 10.4. The van der Waals surface area contributed by atoms with Crippen LogP contribution in [0.4, 0.5) is 0 Å². The first-order chi connectivity index (χ1) is 20.8. The molecule has 0 saturated heterocycles. The Hall–Kier alpha value is -5.26. The van der Waals surface area contributed by atoms with Gasteiger partial charge in [0.1, 0.15) is 12.1 Å². The molecule has 42 heavy (non-hydrogen) atoms. The number of hydrogen-bond acceptors (Lipinski definition) is 4. The Morgan fingerprint density at radius 2 is 1.05 bits per heavy atom. The number of benzene rings is 6. The van der Waals surface area contributed by atoms with Gasteiger partial charge in [-0.25, -0.2) is 0 Å². The standard InChI is InChI=1S/C38H20N2S2/c39-21-31-29(23-10-2-1-3-11-23)20-30(25-14-9-19-35-37(25)27-13-5-7-18-34(27)41-35)32(22-40)36(31)28-16-8-15-26-24-12-4-6-17-33(24)42-38(26)28/h1-20H. The second kappa shape index (κ2) is 9.68. The Morgan fingerprint density at radius 3 is 1.83 bits per heavy atom. The maximum Gasteiger partial charge on any atom is 0.100 e. The molecule has 8 rings (SSSR count). The molecular weight excluding hydrogens is 549 g/mol. The van der Waals surface area contributed by atoms with Crippen LogP contribution in [0.25, 0.3) is 73.7 Å². The van der Waals surface area contributed by atoms with Crippen LogP contribution in [-0.4, -0.2) is 0 Å². The zero-order valence-electron chi connectivity index (χ0n) is 22.3. The van der Waals surface area contributed by atoms with Crippen molar-refractivity contribution in [2.24, 2.45) is 0 Å². The number of rotatable bonds is 3. The molecule has 0 aliphatic rings. The summed E-state index contributed by atoms with van der Waals surface area (Å²) in [6, 6.07) is 46.6. The lowest BCUT2D eigenvalue weighted by Gasteiger charge is -2.18. The molecule has 0 aliphatic carbocycles. The number of nitrogens with zero attached hydrogens (tertiary/aromatic N) is 2. The number of hydrogen-bond donors (Lipinski definition) is 0. The van der Waals surface area contributed by atoms with Gasteiger partial charge in [0.25, 0.3) is 0 Å². The molecule has 2 heterocycles. The van der Waals surface area contributed by atoms with Crippen LogP contribution in [0.2, 0.25) is 0 Å². The molecule has 194 valence electrons. The molecule has 0 aliphatic heterocycles. The Bertz CT molecular complexity index is 2430. The highest BCUT2D eigenvalue weighted by molar-refractivity contribution is 7.26. The van der Waals surface area contributed by atoms with Crippen molar-refractivity contribution in [2.75, 3.05) is 0 Å². The number of fused-ring (bicyclic) bond motifs is 6. The fourth-order valence-electron chi connectivity index (χ4n) is 6.19. The predicted octanol–water partition coefficient (Wildman–Crippen LogP) is 11.2. The van der Waals surface area contributed by atoms with E-state index in [1.54, 1.807) is 22.7 Å². The van der Waals surface area contributed by atoms with Gasteiger partial charge in [-0.05, 0) is 35.4 Å². The summed E-state index contributed by atoms with van der Waals surface area (Å²) in [6.07, 6.45) is 0. The quantitative estimate of drug-likeness (QED) is 0.213. The van der Waals surface area contributed by atoms with Gasteiger partial charge in [-0.3, -0.25) is 0 Å². The third kappa shape index (κ3) is 3.60. The zero-order valence-corrected chi connectivity index (χ0v) is 23.9. The Labute approximate surface area is 250 Å². The van der Waals surface area contributed by atoms with Gasteiger partial charge in [-0.2, -0.15) is 10.5 Å². The van der Waals surface area contributed by atoms with Gasteiger partial charge in [-0.1, -0.05) is 97.1 Å². The highest BCUT2D eigenvalue weighted by Crippen LogP contribution is 2.48. The van der Waals surface area contributed by atoms with Gasteiger partial charge in [0, 0.05) is 62.6 Å². The van der Waals surface area contributed by atoms with E-state index in [2.05, 4.69) is 97.1 Å². The van der Waals surface area contributed by atoms with Gasteiger partial charge in [-0.15, -0.1) is 22.7 Å². The van der Waals surface area contributed by atoms with E-state index in [-0.39, 0.29) is 0 Å². The summed E-state index contributed by atoms with van der Waals surface area (Å²) in [5.41, 5.74) is 6.30. The minimum Gasteiger partial charge on any atom is -0.192 e. The molecule has 0 fully saturated rings. The summed E-state index contributed by atoms with van der Waals surface area (Å²) < 4.78 is 4.66. The van der Waals surface area contributed by atoms with Crippen molar-refractivity contribution in [3.8, 4) is 45.5 Å². The predicted molar refractivity (Wildman–Crippen MR) is 178 cm³/mol. The van der Waals surface area contributed by atoms with E-state index in [0.717, 1.165) is 43.3 Å². The van der Waals surface area contributed by atoms with Crippen LogP contribution in [0.15, 0.2) is 121 Å². The van der Waals surface area contributed by atoms with Crippen LogP contribution in [0.5, 0.6) is 0 Å². The largest absolute Gasteiger partial charge is 0.192 e. The van der Waals surface area contributed by atoms with E-state index >= 15 is 0 Å². The minimum absolute atomic E-state index is 0.522. The van der Waals surface area contributed by atoms with Crippen molar-refractivity contribution in [2.45, 2.75) is 0 Å². The highest BCUT2D eigenvalue weighted by atomic mass is 32.1. The summed E-state index contributed by atoms with van der Waals surface area (Å²) in [6.45, 7) is 0. The summed E-state index contributed by atoms with van der Waals surface area (Å²) in [7, 11) is 0. The molecule has 0 radical (unpaired) electrons. The summed E-state index contributed by atoms with van der Waals surface area (Å²) in [5.74, 6) is 0. The summed E-state index contributed by atoms with van der Waals surface area (Å²) in [4.78, 5) is 0. The van der Waals surface area contributed by atoms with Crippen molar-refractivity contribution in [3.05, 3.63) is 132 Å². The van der Waals surface area contributed by atoms with E-state index in [0.29, 0.717) is 16.7 Å². The van der Waals surface area contributed by atoms with Crippen LogP contribution in [-0.2, 0) is 0 Å². The monoisotopic (exact) mass is 568 g/mol. The fourth-order valence-corrected chi connectivity index (χ4v) is 8.54. The molecule has 0 saturated carbocycles. The van der Waals surface area contributed by atoms with E-state index in [1.807, 2.05) is 36.4 Å². The van der Waals surface area contributed by atoms with Crippen LogP contribution >= 0.6 is 22.7 Å². The summed E-state index contributed by atoms with van der Waals surface area (Å²) in [5, 5.41) is 26.3. The smallest absolute Gasteiger partial charge is 0.100 e. The highest BCUT2D eigenvalue weighted by Gasteiger charge is 2.25. The number of nitriles is 2. The Morgan fingerprint density at radius 1 is 0.452 bits per heavy atom. The normalized spacial score (nSPS) is 11.3. The molecule has 6 aromatic carbocycles. The van der Waals surface area contributed by atoms with Gasteiger partial charge in [0.05, 0.1) is 11.1 Å². The van der Waals surface area contributed by atoms with Crippen molar-refractivity contribution in [3.63, 3.8) is 0 Å². The minimum atomic E-state index is 0.522. The van der Waals surface area contributed by atoms with Gasteiger partial charge in [0.15, 0.2) is 0 Å². The van der Waals surface area contributed by atoms with Crippen molar-refractivity contribution in [1.82, 2.24) is 0 Å². The van der Waals surface area contributed by atoms with Crippen LogP contribution < -0.4 is 0 Å². The second-order valence-corrected chi connectivity index (χ2v) is 12.4. The van der Waals surface area contributed by atoms with Gasteiger partial charge >= 0.3 is 0 Å². The average molecular weight is 569 g/mol. The van der Waals surface area contributed by atoms with Gasteiger partial charge < -0.3 is 0 Å². The molecular formula is C38H20N2S2. The van der Waals surface area contributed by atoms with Crippen LogP contribution in [0.3, 0.4) is 0 Å². The molecule has 0 bridgehead atoms. The molecule has 2 aromatic heterocycles. The Kier molecular flexibility index (Phi) is 5.66. The van der Waals surface area contributed by atoms with Crippen molar-refractivity contribution < 1.29 is 0 Å². The molecule has 8 aromatic rings. The fraction of sp³-hybridized carbons (Fsp3) is 0. The van der Waals surface area contributed by atoms with E-state index in [9.17, 15) is 10.5 Å². The first-order valence-corrected chi connectivity index (χ1v) is 15.3. The van der Waals surface area contributed by atoms with Crippen LogP contribution in [0, 0.1) is 22.7 Å². The molecule has 0 amide bonds. The maximum absolute atomic E-state index is 10.9. The lowest BCUT2D eigenvalue weighted by atomic mass is 9.83. The Balaban J connectivity index is 1.56. The van der Waals surface area contributed by atoms with Crippen molar-refractivity contribution in [1.29, 1.82) is 10.5 Å². The first kappa shape index (κ1) is 24.5. The maximum atomic E-state index is 10.9. The molecule has 2 nitrogen and oxygen atoms in total. The van der Waals surface area contributed by atoms with E-state index in [4.69, 9.17) is 0 Å². The zero-order chi connectivity index (χ0) is 28.2. The SMILES string of the molecule is N#Cc1c(-c2ccccc2)cc(-c2cccc3sc4ccccc4c23)c(C#N)c1-c1cccc2c1sc1ccccc12. The first-order valence-electron chi connectivity index (χ1n) is 13.6. The molecule has 0 atom stereocenters. The lowest BCUT2D eigenvalue weighted by molar-refractivity contribution is 1.44. The number of thiophene rings is 2. The summed E-state index contributed by atoms with van der Waals surface area (Å²) >= 11 is 3.48. The van der Waals surface area contributed by atoms with Crippen molar-refractivity contribution >= 4 is 63.0 Å². The molecule has 4 heteroatoms. The molecule has 0 N–H and O–H groups in total. The van der Waals surface area contributed by atoms with E-state index in [1.165, 1.54) is 24.9 Å². The van der Waals surface area contributed by atoms with Crippen LogP contribution in [0.1, 0.15) is 11.1 Å². The third-order valence-electron chi connectivity index (χ3n) is 8.00. The lowest BCUT2D eigenvalue weighted by Crippen LogP contribution is -1.98. The molecule has 0 spiro atoms.